The lowest BCUT2D eigenvalue weighted by atomic mass is 10.1. The highest BCUT2D eigenvalue weighted by atomic mass is 19.2. The lowest BCUT2D eigenvalue weighted by molar-refractivity contribution is 0.0777. The highest BCUT2D eigenvalue weighted by Gasteiger charge is 2.27. The maximum Gasteiger partial charge on any atom is 0.272 e. The first-order valence-corrected chi connectivity index (χ1v) is 9.89. The Morgan fingerprint density at radius 1 is 1.03 bits per heavy atom. The van der Waals surface area contributed by atoms with Gasteiger partial charge in [0.2, 0.25) is 0 Å². The van der Waals surface area contributed by atoms with Crippen LogP contribution < -0.4 is 0 Å². The first-order valence-electron chi connectivity index (χ1n) is 9.89. The van der Waals surface area contributed by atoms with Gasteiger partial charge in [-0.05, 0) is 43.3 Å². The third-order valence-corrected chi connectivity index (χ3v) is 5.20. The van der Waals surface area contributed by atoms with Gasteiger partial charge in [-0.25, -0.2) is 22.5 Å². The molecule has 0 N–H and O–H groups in total. The minimum atomic E-state index is -1.44. The van der Waals surface area contributed by atoms with Crippen molar-refractivity contribution in [3.05, 3.63) is 89.0 Å². The van der Waals surface area contributed by atoms with E-state index in [9.17, 15) is 22.4 Å². The summed E-state index contributed by atoms with van der Waals surface area (Å²) in [5.74, 6) is -5.15. The predicted molar refractivity (Wildman–Crippen MR) is 113 cm³/mol. The van der Waals surface area contributed by atoms with Gasteiger partial charge in [0, 0.05) is 38.1 Å². The molecule has 33 heavy (non-hydrogen) atoms. The Morgan fingerprint density at radius 2 is 1.70 bits per heavy atom. The van der Waals surface area contributed by atoms with Crippen molar-refractivity contribution in [2.24, 2.45) is 7.05 Å². The van der Waals surface area contributed by atoms with Crippen LogP contribution in [0.1, 0.15) is 21.7 Å². The molecule has 0 aliphatic rings. The SMILES string of the molecule is Cc1nn(C)cc1CN(C)C(=O)c1cnc(-c2c(F)ccc(F)c2F)n1-c1ccc(F)cc1. The summed E-state index contributed by atoms with van der Waals surface area (Å²) in [6, 6.07) is 6.36. The molecule has 0 fully saturated rings. The summed E-state index contributed by atoms with van der Waals surface area (Å²) in [4.78, 5) is 18.7. The van der Waals surface area contributed by atoms with Gasteiger partial charge in [-0.15, -0.1) is 0 Å². The summed E-state index contributed by atoms with van der Waals surface area (Å²) in [5.41, 5.74) is 1.01. The average Bonchev–Trinajstić information content (AvgIpc) is 3.34. The van der Waals surface area contributed by atoms with Gasteiger partial charge in [-0.3, -0.25) is 14.0 Å². The van der Waals surface area contributed by atoms with E-state index in [1.807, 2.05) is 6.92 Å². The van der Waals surface area contributed by atoms with E-state index in [2.05, 4.69) is 10.1 Å². The number of aryl methyl sites for hydroxylation is 2. The van der Waals surface area contributed by atoms with Crippen molar-refractivity contribution >= 4 is 5.91 Å². The molecule has 0 spiro atoms. The molecule has 4 aromatic rings. The average molecular weight is 457 g/mol. The molecule has 0 aliphatic carbocycles. The molecule has 6 nitrogen and oxygen atoms in total. The van der Waals surface area contributed by atoms with Crippen molar-refractivity contribution in [3.8, 4) is 17.1 Å². The number of imidazole rings is 1. The van der Waals surface area contributed by atoms with Crippen molar-refractivity contribution in [1.82, 2.24) is 24.2 Å². The molecule has 1 amide bonds. The zero-order chi connectivity index (χ0) is 23.9. The normalized spacial score (nSPS) is 11.1. The van der Waals surface area contributed by atoms with Gasteiger partial charge in [0.25, 0.3) is 5.91 Å². The van der Waals surface area contributed by atoms with Gasteiger partial charge in [0.05, 0.1) is 17.5 Å². The molecule has 0 bridgehead atoms. The number of halogens is 4. The van der Waals surface area contributed by atoms with Crippen LogP contribution in [0.15, 0.2) is 48.8 Å². The number of amides is 1. The Bertz CT molecular complexity index is 1340. The Morgan fingerprint density at radius 3 is 2.33 bits per heavy atom. The maximum atomic E-state index is 14.6. The van der Waals surface area contributed by atoms with Crippen LogP contribution >= 0.6 is 0 Å². The standard InChI is InChI=1S/C23H19F4N5O/c1-13-14(12-31(3)29-13)11-30(2)23(33)19-10-28-22(20-17(25)8-9-18(26)21(20)27)32(19)16-6-4-15(24)5-7-16/h4-10,12H,11H2,1-3H3. The second-order valence-electron chi connectivity index (χ2n) is 7.57. The lowest BCUT2D eigenvalue weighted by Crippen LogP contribution is -2.28. The molecule has 0 unspecified atom stereocenters. The van der Waals surface area contributed by atoms with Gasteiger partial charge in [-0.2, -0.15) is 5.10 Å². The third kappa shape index (κ3) is 4.11. The van der Waals surface area contributed by atoms with E-state index in [1.54, 1.807) is 25.0 Å². The smallest absolute Gasteiger partial charge is 0.272 e. The first-order chi connectivity index (χ1) is 15.7. The van der Waals surface area contributed by atoms with E-state index in [1.165, 1.54) is 21.6 Å². The number of hydrogen-bond donors (Lipinski definition) is 0. The molecular weight excluding hydrogens is 438 g/mol. The summed E-state index contributed by atoms with van der Waals surface area (Å²) < 4.78 is 59.4. The zero-order valence-electron chi connectivity index (χ0n) is 18.0. The summed E-state index contributed by atoms with van der Waals surface area (Å²) >= 11 is 0. The Labute approximate surface area is 186 Å². The highest BCUT2D eigenvalue weighted by molar-refractivity contribution is 5.94. The second kappa shape index (κ2) is 8.53. The molecule has 4 rings (SSSR count). The summed E-state index contributed by atoms with van der Waals surface area (Å²) in [5, 5.41) is 4.25. The molecule has 2 aromatic carbocycles. The lowest BCUT2D eigenvalue weighted by Gasteiger charge is -2.19. The van der Waals surface area contributed by atoms with Crippen molar-refractivity contribution in [2.45, 2.75) is 13.5 Å². The molecule has 10 heteroatoms. The Hall–Kier alpha value is -3.95. The number of hydrogen-bond acceptors (Lipinski definition) is 3. The van der Waals surface area contributed by atoms with Crippen LogP contribution in [-0.4, -0.2) is 37.2 Å². The van der Waals surface area contributed by atoms with E-state index in [4.69, 9.17) is 0 Å². The largest absolute Gasteiger partial charge is 0.336 e. The molecule has 0 saturated carbocycles. The quantitative estimate of drug-likeness (QED) is 0.330. The molecule has 0 atom stereocenters. The van der Waals surface area contributed by atoms with Gasteiger partial charge >= 0.3 is 0 Å². The number of benzene rings is 2. The minimum Gasteiger partial charge on any atom is -0.336 e. The number of rotatable bonds is 5. The van der Waals surface area contributed by atoms with Crippen molar-refractivity contribution < 1.29 is 22.4 Å². The molecule has 0 radical (unpaired) electrons. The first kappa shape index (κ1) is 22.3. The molecular formula is C23H19F4N5O. The van der Waals surface area contributed by atoms with Crippen molar-refractivity contribution in [2.75, 3.05) is 7.05 Å². The van der Waals surface area contributed by atoms with E-state index in [0.29, 0.717) is 6.07 Å². The van der Waals surface area contributed by atoms with Crippen LogP contribution in [0.3, 0.4) is 0 Å². The summed E-state index contributed by atoms with van der Waals surface area (Å²) in [6.07, 6.45) is 2.93. The predicted octanol–water partition coefficient (Wildman–Crippen LogP) is 4.41. The molecule has 170 valence electrons. The number of carbonyl (C=O) groups is 1. The monoisotopic (exact) mass is 457 g/mol. The van der Waals surface area contributed by atoms with Gasteiger partial charge in [0.1, 0.15) is 17.3 Å². The van der Waals surface area contributed by atoms with Crippen LogP contribution in [0.25, 0.3) is 17.1 Å². The van der Waals surface area contributed by atoms with Crippen molar-refractivity contribution in [1.29, 1.82) is 0 Å². The fraction of sp³-hybridized carbons (Fsp3) is 0.174. The van der Waals surface area contributed by atoms with Crippen molar-refractivity contribution in [3.63, 3.8) is 0 Å². The fourth-order valence-corrected chi connectivity index (χ4v) is 3.59. The van der Waals surface area contributed by atoms with Gasteiger partial charge in [0.15, 0.2) is 17.5 Å². The Kier molecular flexibility index (Phi) is 5.75. The van der Waals surface area contributed by atoms with Crippen LogP contribution in [0.4, 0.5) is 17.6 Å². The van der Waals surface area contributed by atoms with Gasteiger partial charge in [-0.1, -0.05) is 0 Å². The van der Waals surface area contributed by atoms with Gasteiger partial charge < -0.3 is 4.90 Å². The number of aromatic nitrogens is 4. The van der Waals surface area contributed by atoms with E-state index in [0.717, 1.165) is 35.7 Å². The maximum absolute atomic E-state index is 14.6. The molecule has 2 heterocycles. The number of carbonyl (C=O) groups excluding carboxylic acids is 1. The van der Waals surface area contributed by atoms with Crippen LogP contribution in [0.2, 0.25) is 0 Å². The summed E-state index contributed by atoms with van der Waals surface area (Å²) in [7, 11) is 3.32. The molecule has 0 aliphatic heterocycles. The Balaban J connectivity index is 1.84. The van der Waals surface area contributed by atoms with Crippen LogP contribution in [0, 0.1) is 30.2 Å². The zero-order valence-corrected chi connectivity index (χ0v) is 18.0. The summed E-state index contributed by atoms with van der Waals surface area (Å²) in [6.45, 7) is 2.02. The molecule has 0 saturated heterocycles. The topological polar surface area (TPSA) is 56.0 Å². The van der Waals surface area contributed by atoms with E-state index >= 15 is 0 Å². The highest BCUT2D eigenvalue weighted by Crippen LogP contribution is 2.30. The van der Waals surface area contributed by atoms with Crippen LogP contribution in [-0.2, 0) is 13.6 Å². The second-order valence-corrected chi connectivity index (χ2v) is 7.57. The van der Waals surface area contributed by atoms with E-state index in [-0.39, 0.29) is 23.8 Å². The molecule has 2 aromatic heterocycles. The fourth-order valence-electron chi connectivity index (χ4n) is 3.59. The minimum absolute atomic E-state index is 0.0382. The van der Waals surface area contributed by atoms with Crippen LogP contribution in [0.5, 0.6) is 0 Å². The number of nitrogens with zero attached hydrogens (tertiary/aromatic N) is 5. The van der Waals surface area contributed by atoms with E-state index < -0.39 is 34.7 Å². The third-order valence-electron chi connectivity index (χ3n) is 5.20.